The van der Waals surface area contributed by atoms with Gasteiger partial charge in [0, 0.05) is 61.0 Å². The molecule has 1 N–H and O–H groups in total. The van der Waals surface area contributed by atoms with Crippen molar-refractivity contribution in [3.05, 3.63) is 57.7 Å². The van der Waals surface area contributed by atoms with Crippen LogP contribution in [0.25, 0.3) is 0 Å². The predicted octanol–water partition coefficient (Wildman–Crippen LogP) is 5.76. The van der Waals surface area contributed by atoms with Crippen molar-refractivity contribution < 1.29 is 14.3 Å². The maximum Gasteiger partial charge on any atom is 0.318 e. The molecule has 1 aromatic heterocycles. The molecule has 0 unspecified atom stereocenters. The summed E-state index contributed by atoms with van der Waals surface area (Å²) in [5.74, 6) is 0.901. The fourth-order valence-corrected chi connectivity index (χ4v) is 6.86. The Balaban J connectivity index is 1.24. The molecule has 3 saturated heterocycles. The van der Waals surface area contributed by atoms with Crippen molar-refractivity contribution in [3.8, 4) is 5.88 Å². The fourth-order valence-electron chi connectivity index (χ4n) is 6.37. The summed E-state index contributed by atoms with van der Waals surface area (Å²) in [5, 5.41) is 4.06. The van der Waals surface area contributed by atoms with Gasteiger partial charge < -0.3 is 19.9 Å². The molecule has 0 saturated carbocycles. The first-order valence-electron chi connectivity index (χ1n) is 15.5. The number of likely N-dealkylation sites (tertiary alicyclic amines) is 3. The summed E-state index contributed by atoms with van der Waals surface area (Å²) in [4.78, 5) is 37.7. The summed E-state index contributed by atoms with van der Waals surface area (Å²) in [6.45, 7) is 8.03. The Morgan fingerprint density at radius 3 is 2.40 bits per heavy atom. The molecule has 10 heteroatoms. The minimum atomic E-state index is -0.707. The molecule has 2 aromatic rings. The van der Waals surface area contributed by atoms with Crippen LogP contribution in [-0.4, -0.2) is 89.6 Å². The van der Waals surface area contributed by atoms with Crippen molar-refractivity contribution in [3.63, 3.8) is 0 Å². The number of nitrogens with zero attached hydrogens (tertiary/aromatic N) is 4. The number of piperidine rings is 1. The van der Waals surface area contributed by atoms with Gasteiger partial charge >= 0.3 is 6.03 Å². The number of benzene rings is 1. The van der Waals surface area contributed by atoms with E-state index < -0.39 is 6.04 Å². The molecule has 0 aliphatic carbocycles. The van der Waals surface area contributed by atoms with Gasteiger partial charge in [-0.2, -0.15) is 0 Å². The molecule has 228 valence electrons. The lowest BCUT2D eigenvalue weighted by molar-refractivity contribution is -0.134. The second-order valence-corrected chi connectivity index (χ2v) is 12.6. The second kappa shape index (κ2) is 14.8. The summed E-state index contributed by atoms with van der Waals surface area (Å²) in [6.07, 6.45) is 9.27. The van der Waals surface area contributed by atoms with Crippen LogP contribution in [0, 0.1) is 0 Å². The SMILES string of the molecule is CC[C@@H](CN1CCCC1)Oc1ncccc1C1CCN(C(=O)[C@@H](Cc2ccc(Cl)cc2Cl)NC(=O)N2CCCC2)CC1. The van der Waals surface area contributed by atoms with Gasteiger partial charge in [0.1, 0.15) is 12.1 Å². The zero-order valence-electron chi connectivity index (χ0n) is 24.6. The van der Waals surface area contributed by atoms with Crippen LogP contribution < -0.4 is 10.1 Å². The first-order valence-corrected chi connectivity index (χ1v) is 16.3. The van der Waals surface area contributed by atoms with Gasteiger partial charge in [0.2, 0.25) is 11.8 Å². The zero-order valence-corrected chi connectivity index (χ0v) is 26.1. The highest BCUT2D eigenvalue weighted by molar-refractivity contribution is 6.35. The monoisotopic (exact) mass is 615 g/mol. The second-order valence-electron chi connectivity index (χ2n) is 11.8. The summed E-state index contributed by atoms with van der Waals surface area (Å²) in [7, 11) is 0. The number of amides is 3. The fraction of sp³-hybridized carbons (Fsp3) is 0.594. The van der Waals surface area contributed by atoms with Gasteiger partial charge in [-0.3, -0.25) is 9.69 Å². The maximum atomic E-state index is 13.9. The number of hydrogen-bond acceptors (Lipinski definition) is 5. The lowest BCUT2D eigenvalue weighted by Crippen LogP contribution is -2.54. The highest BCUT2D eigenvalue weighted by atomic mass is 35.5. The predicted molar refractivity (Wildman–Crippen MR) is 166 cm³/mol. The average Bonchev–Trinajstić information content (AvgIpc) is 3.73. The lowest BCUT2D eigenvalue weighted by atomic mass is 9.89. The lowest BCUT2D eigenvalue weighted by Gasteiger charge is -2.35. The minimum Gasteiger partial charge on any atom is -0.473 e. The highest BCUT2D eigenvalue weighted by Crippen LogP contribution is 2.34. The summed E-state index contributed by atoms with van der Waals surface area (Å²) in [6, 6.07) is 8.46. The molecule has 5 rings (SSSR count). The molecule has 3 aliphatic rings. The Labute approximate surface area is 259 Å². The number of carbonyl (C=O) groups is 2. The molecule has 0 spiro atoms. The third kappa shape index (κ3) is 7.88. The van der Waals surface area contributed by atoms with Crippen molar-refractivity contribution in [1.29, 1.82) is 0 Å². The summed E-state index contributed by atoms with van der Waals surface area (Å²) >= 11 is 12.6. The van der Waals surface area contributed by atoms with E-state index in [2.05, 4.69) is 28.2 Å². The first kappa shape index (κ1) is 30.9. The number of hydrogen-bond donors (Lipinski definition) is 1. The van der Waals surface area contributed by atoms with Crippen molar-refractivity contribution in [2.24, 2.45) is 0 Å². The molecule has 2 atom stereocenters. The Morgan fingerprint density at radius 2 is 1.71 bits per heavy atom. The van der Waals surface area contributed by atoms with Gasteiger partial charge in [0.25, 0.3) is 0 Å². The average molecular weight is 617 g/mol. The number of aromatic nitrogens is 1. The number of halogens is 2. The van der Waals surface area contributed by atoms with Crippen LogP contribution in [0.5, 0.6) is 5.88 Å². The molecular formula is C32H43Cl2N5O3. The van der Waals surface area contributed by atoms with Gasteiger partial charge in [-0.25, -0.2) is 9.78 Å². The highest BCUT2D eigenvalue weighted by Gasteiger charge is 2.33. The smallest absolute Gasteiger partial charge is 0.318 e. The van der Waals surface area contributed by atoms with E-state index >= 15 is 0 Å². The van der Waals surface area contributed by atoms with E-state index in [0.717, 1.165) is 68.7 Å². The van der Waals surface area contributed by atoms with Gasteiger partial charge in [-0.05, 0) is 87.7 Å². The van der Waals surface area contributed by atoms with Crippen molar-refractivity contribution in [1.82, 2.24) is 25.0 Å². The molecule has 3 amide bonds. The van der Waals surface area contributed by atoms with Gasteiger partial charge in [0.05, 0.1) is 0 Å². The van der Waals surface area contributed by atoms with E-state index in [0.29, 0.717) is 42.6 Å². The first-order chi connectivity index (χ1) is 20.4. The van der Waals surface area contributed by atoms with Crippen LogP contribution in [-0.2, 0) is 11.2 Å². The molecule has 4 heterocycles. The van der Waals surface area contributed by atoms with E-state index in [-0.39, 0.29) is 24.0 Å². The molecule has 42 heavy (non-hydrogen) atoms. The molecular weight excluding hydrogens is 573 g/mol. The summed E-state index contributed by atoms with van der Waals surface area (Å²) in [5.41, 5.74) is 1.91. The number of ether oxygens (including phenoxy) is 1. The molecule has 1 aromatic carbocycles. The Morgan fingerprint density at radius 1 is 1.00 bits per heavy atom. The van der Waals surface area contributed by atoms with Crippen LogP contribution in [0.2, 0.25) is 10.0 Å². The van der Waals surface area contributed by atoms with E-state index in [1.807, 2.05) is 17.0 Å². The van der Waals surface area contributed by atoms with E-state index in [1.54, 1.807) is 23.2 Å². The van der Waals surface area contributed by atoms with Crippen LogP contribution in [0.4, 0.5) is 4.79 Å². The molecule has 8 nitrogen and oxygen atoms in total. The maximum absolute atomic E-state index is 13.9. The van der Waals surface area contributed by atoms with Crippen LogP contribution >= 0.6 is 23.2 Å². The Bertz CT molecular complexity index is 1210. The Hall–Kier alpha value is -2.55. The van der Waals surface area contributed by atoms with Gasteiger partial charge in [-0.1, -0.05) is 42.3 Å². The Kier molecular flexibility index (Phi) is 10.9. The number of rotatable bonds is 10. The topological polar surface area (TPSA) is 78.0 Å². The van der Waals surface area contributed by atoms with Gasteiger partial charge in [-0.15, -0.1) is 0 Å². The van der Waals surface area contributed by atoms with Crippen LogP contribution in [0.1, 0.15) is 68.9 Å². The number of carbonyl (C=O) groups excluding carboxylic acids is 2. The number of urea groups is 1. The minimum absolute atomic E-state index is 0.0775. The molecule has 3 fully saturated rings. The van der Waals surface area contributed by atoms with Crippen molar-refractivity contribution in [2.45, 2.75) is 76.4 Å². The quantitative estimate of drug-likeness (QED) is 0.367. The van der Waals surface area contributed by atoms with Crippen molar-refractivity contribution >= 4 is 35.1 Å². The number of pyridine rings is 1. The number of nitrogens with one attached hydrogen (secondary N) is 1. The van der Waals surface area contributed by atoms with Crippen LogP contribution in [0.3, 0.4) is 0 Å². The third-order valence-corrected chi connectivity index (χ3v) is 9.46. The normalized spacial score (nSPS) is 19.6. The summed E-state index contributed by atoms with van der Waals surface area (Å²) < 4.78 is 6.49. The molecule has 0 bridgehead atoms. The van der Waals surface area contributed by atoms with E-state index in [9.17, 15) is 9.59 Å². The van der Waals surface area contributed by atoms with Crippen molar-refractivity contribution in [2.75, 3.05) is 45.8 Å². The van der Waals surface area contributed by atoms with Crippen LogP contribution in [0.15, 0.2) is 36.5 Å². The third-order valence-electron chi connectivity index (χ3n) is 8.87. The molecule has 3 aliphatic heterocycles. The zero-order chi connectivity index (χ0) is 29.5. The largest absolute Gasteiger partial charge is 0.473 e. The molecule has 0 radical (unpaired) electrons. The van der Waals surface area contributed by atoms with E-state index in [1.165, 1.54) is 12.8 Å². The standard InChI is InChI=1S/C32H43Cl2N5O3/c1-2-26(22-37-14-3-4-15-37)42-30-27(8-7-13-35-30)23-11-18-38(19-12-23)31(40)29(36-32(41)39-16-5-6-17-39)20-24-9-10-25(33)21-28(24)34/h7-10,13,21,23,26,29H,2-6,11-12,14-20,22H2,1H3,(H,36,41)/t26-,29+/m0/s1. The van der Waals surface area contributed by atoms with E-state index in [4.69, 9.17) is 27.9 Å². The van der Waals surface area contributed by atoms with Gasteiger partial charge in [0.15, 0.2) is 0 Å².